The highest BCUT2D eigenvalue weighted by Crippen LogP contribution is 2.27. The van der Waals surface area contributed by atoms with Gasteiger partial charge in [-0.15, -0.1) is 0 Å². The number of aromatic nitrogens is 2. The normalized spacial score (nSPS) is 17.4. The third-order valence-corrected chi connectivity index (χ3v) is 6.34. The molecule has 0 radical (unpaired) electrons. The first-order valence-corrected chi connectivity index (χ1v) is 11.9. The standard InChI is InChI=1S/C25H34N4O3/c30-25(26-10-9-20-3-1-2-4-20)17-24-27-18-22(19-28-24)21-5-7-23(8-6-21)32-16-13-29-11-14-31-15-12-29/h5-8,18-20H,1-4,9-17H2,(H,26,30). The van der Waals surface area contributed by atoms with Gasteiger partial charge in [0.1, 0.15) is 18.2 Å². The lowest BCUT2D eigenvalue weighted by Crippen LogP contribution is -2.38. The molecule has 172 valence electrons. The number of amides is 1. The number of benzene rings is 1. The second kappa shape index (κ2) is 11.9. The molecule has 2 heterocycles. The van der Waals surface area contributed by atoms with E-state index in [9.17, 15) is 4.79 Å². The lowest BCUT2D eigenvalue weighted by Gasteiger charge is -2.26. The van der Waals surface area contributed by atoms with E-state index in [2.05, 4.69) is 20.2 Å². The van der Waals surface area contributed by atoms with E-state index in [1.54, 1.807) is 12.4 Å². The number of nitrogens with one attached hydrogen (secondary N) is 1. The van der Waals surface area contributed by atoms with E-state index < -0.39 is 0 Å². The van der Waals surface area contributed by atoms with Crippen LogP contribution in [0.25, 0.3) is 11.1 Å². The fraction of sp³-hybridized carbons (Fsp3) is 0.560. The van der Waals surface area contributed by atoms with Crippen LogP contribution in [-0.2, 0) is 16.0 Å². The zero-order chi connectivity index (χ0) is 22.0. The van der Waals surface area contributed by atoms with Crippen LogP contribution < -0.4 is 10.1 Å². The Morgan fingerprint density at radius 3 is 2.50 bits per heavy atom. The van der Waals surface area contributed by atoms with Crippen LogP contribution in [0.2, 0.25) is 0 Å². The minimum absolute atomic E-state index is 0.00525. The number of nitrogens with zero attached hydrogens (tertiary/aromatic N) is 3. The smallest absolute Gasteiger partial charge is 0.227 e. The second-order valence-electron chi connectivity index (χ2n) is 8.68. The van der Waals surface area contributed by atoms with Crippen LogP contribution in [0.15, 0.2) is 36.7 Å². The molecule has 1 aliphatic carbocycles. The number of carbonyl (C=O) groups excluding carboxylic acids is 1. The van der Waals surface area contributed by atoms with Gasteiger partial charge in [-0.05, 0) is 30.0 Å². The van der Waals surface area contributed by atoms with Gasteiger partial charge in [-0.3, -0.25) is 9.69 Å². The van der Waals surface area contributed by atoms with Crippen molar-refractivity contribution in [2.45, 2.75) is 38.5 Å². The van der Waals surface area contributed by atoms with E-state index in [0.29, 0.717) is 12.4 Å². The van der Waals surface area contributed by atoms with Gasteiger partial charge < -0.3 is 14.8 Å². The molecule has 1 aromatic heterocycles. The van der Waals surface area contributed by atoms with Crippen molar-refractivity contribution in [3.8, 4) is 16.9 Å². The average Bonchev–Trinajstić information content (AvgIpc) is 3.34. The molecule has 1 aromatic carbocycles. The number of hydrogen-bond donors (Lipinski definition) is 1. The second-order valence-corrected chi connectivity index (χ2v) is 8.68. The zero-order valence-corrected chi connectivity index (χ0v) is 18.8. The number of hydrogen-bond acceptors (Lipinski definition) is 6. The summed E-state index contributed by atoms with van der Waals surface area (Å²) < 4.78 is 11.2. The summed E-state index contributed by atoms with van der Waals surface area (Å²) >= 11 is 0. The summed E-state index contributed by atoms with van der Waals surface area (Å²) in [5.74, 6) is 2.19. The molecule has 32 heavy (non-hydrogen) atoms. The molecule has 7 heteroatoms. The van der Waals surface area contributed by atoms with Crippen LogP contribution in [0.3, 0.4) is 0 Å². The monoisotopic (exact) mass is 438 g/mol. The Morgan fingerprint density at radius 2 is 1.78 bits per heavy atom. The maximum absolute atomic E-state index is 12.2. The van der Waals surface area contributed by atoms with E-state index in [1.807, 2.05) is 24.3 Å². The van der Waals surface area contributed by atoms with Crippen LogP contribution in [-0.4, -0.2) is 66.8 Å². The molecule has 0 spiro atoms. The van der Waals surface area contributed by atoms with Gasteiger partial charge >= 0.3 is 0 Å². The van der Waals surface area contributed by atoms with Crippen LogP contribution in [0.5, 0.6) is 5.75 Å². The van der Waals surface area contributed by atoms with Crippen molar-refractivity contribution in [3.63, 3.8) is 0 Å². The molecular formula is C25H34N4O3. The number of ether oxygens (including phenoxy) is 2. The van der Waals surface area contributed by atoms with Crippen LogP contribution >= 0.6 is 0 Å². The fourth-order valence-electron chi connectivity index (χ4n) is 4.38. The SMILES string of the molecule is O=C(Cc1ncc(-c2ccc(OCCN3CCOCC3)cc2)cn1)NCCC1CCCC1. The first-order valence-electron chi connectivity index (χ1n) is 11.9. The van der Waals surface area contributed by atoms with E-state index in [1.165, 1.54) is 25.7 Å². The largest absolute Gasteiger partial charge is 0.492 e. The molecule has 0 unspecified atom stereocenters. The maximum atomic E-state index is 12.2. The van der Waals surface area contributed by atoms with Crippen molar-refractivity contribution < 1.29 is 14.3 Å². The van der Waals surface area contributed by atoms with Crippen LogP contribution in [0.4, 0.5) is 0 Å². The van der Waals surface area contributed by atoms with E-state index in [0.717, 1.165) is 68.6 Å². The molecule has 1 N–H and O–H groups in total. The minimum Gasteiger partial charge on any atom is -0.492 e. The summed E-state index contributed by atoms with van der Waals surface area (Å²) in [7, 11) is 0. The molecule has 1 saturated carbocycles. The topological polar surface area (TPSA) is 76.6 Å². The van der Waals surface area contributed by atoms with Crippen molar-refractivity contribution in [2.24, 2.45) is 5.92 Å². The van der Waals surface area contributed by atoms with E-state index >= 15 is 0 Å². The fourth-order valence-corrected chi connectivity index (χ4v) is 4.38. The highest BCUT2D eigenvalue weighted by atomic mass is 16.5. The van der Waals surface area contributed by atoms with Crippen molar-refractivity contribution in [2.75, 3.05) is 46.0 Å². The molecule has 2 fully saturated rings. The lowest BCUT2D eigenvalue weighted by molar-refractivity contribution is -0.120. The predicted molar refractivity (Wildman–Crippen MR) is 124 cm³/mol. The summed E-state index contributed by atoms with van der Waals surface area (Å²) in [6.07, 6.45) is 10.2. The molecule has 4 rings (SSSR count). The molecule has 1 saturated heterocycles. The summed E-state index contributed by atoms with van der Waals surface area (Å²) in [5.41, 5.74) is 1.95. The summed E-state index contributed by atoms with van der Waals surface area (Å²) in [4.78, 5) is 23.3. The maximum Gasteiger partial charge on any atom is 0.227 e. The van der Waals surface area contributed by atoms with Crippen molar-refractivity contribution in [1.82, 2.24) is 20.2 Å². The molecule has 0 bridgehead atoms. The van der Waals surface area contributed by atoms with Gasteiger partial charge in [0.25, 0.3) is 0 Å². The van der Waals surface area contributed by atoms with Gasteiger partial charge in [0.2, 0.25) is 5.91 Å². The van der Waals surface area contributed by atoms with Crippen molar-refractivity contribution >= 4 is 5.91 Å². The van der Waals surface area contributed by atoms with Gasteiger partial charge in [-0.2, -0.15) is 0 Å². The number of carbonyl (C=O) groups is 1. The number of morpholine rings is 1. The first kappa shape index (κ1) is 22.7. The Bertz CT molecular complexity index is 829. The third-order valence-electron chi connectivity index (χ3n) is 6.34. The van der Waals surface area contributed by atoms with Gasteiger partial charge in [0.15, 0.2) is 0 Å². The molecule has 2 aliphatic rings. The van der Waals surface area contributed by atoms with E-state index in [4.69, 9.17) is 9.47 Å². The van der Waals surface area contributed by atoms with Crippen LogP contribution in [0, 0.1) is 5.92 Å². The summed E-state index contributed by atoms with van der Waals surface area (Å²) in [6.45, 7) is 5.89. The predicted octanol–water partition coefficient (Wildman–Crippen LogP) is 3.09. The Morgan fingerprint density at radius 1 is 1.06 bits per heavy atom. The van der Waals surface area contributed by atoms with Crippen LogP contribution in [0.1, 0.15) is 37.9 Å². The van der Waals surface area contributed by atoms with Crippen molar-refractivity contribution in [1.29, 1.82) is 0 Å². The quantitative estimate of drug-likeness (QED) is 0.614. The molecule has 2 aromatic rings. The highest BCUT2D eigenvalue weighted by molar-refractivity contribution is 5.77. The van der Waals surface area contributed by atoms with Gasteiger partial charge in [-0.1, -0.05) is 37.8 Å². The first-order chi connectivity index (χ1) is 15.8. The number of rotatable bonds is 10. The average molecular weight is 439 g/mol. The summed E-state index contributed by atoms with van der Waals surface area (Å²) in [6, 6.07) is 7.97. The lowest BCUT2D eigenvalue weighted by atomic mass is 10.0. The Labute approximate surface area is 190 Å². The highest BCUT2D eigenvalue weighted by Gasteiger charge is 2.15. The van der Waals surface area contributed by atoms with Gasteiger partial charge in [0, 0.05) is 44.1 Å². The molecule has 0 atom stereocenters. The Kier molecular flexibility index (Phi) is 8.45. The molecule has 1 amide bonds. The third kappa shape index (κ3) is 7.00. The Balaban J connectivity index is 1.19. The molecule has 1 aliphatic heterocycles. The van der Waals surface area contributed by atoms with Crippen molar-refractivity contribution in [3.05, 3.63) is 42.5 Å². The minimum atomic E-state index is -0.00525. The molecular weight excluding hydrogens is 404 g/mol. The van der Waals surface area contributed by atoms with Gasteiger partial charge in [-0.25, -0.2) is 9.97 Å². The Hall–Kier alpha value is -2.51. The van der Waals surface area contributed by atoms with E-state index in [-0.39, 0.29) is 12.3 Å². The molecule has 7 nitrogen and oxygen atoms in total. The summed E-state index contributed by atoms with van der Waals surface area (Å²) in [5, 5.41) is 3.01. The van der Waals surface area contributed by atoms with Gasteiger partial charge in [0.05, 0.1) is 19.6 Å². The zero-order valence-electron chi connectivity index (χ0n) is 18.8.